The number of nitrogens with zero attached hydrogens (tertiary/aromatic N) is 1. The number of rotatable bonds is 5. The van der Waals surface area contributed by atoms with Crippen molar-refractivity contribution in [2.24, 2.45) is 0 Å². The zero-order chi connectivity index (χ0) is 16.8. The van der Waals surface area contributed by atoms with Crippen LogP contribution in [0.3, 0.4) is 0 Å². The molecular weight excluding hydrogens is 306 g/mol. The van der Waals surface area contributed by atoms with Crippen LogP contribution in [0.15, 0.2) is 16.5 Å². The molecule has 6 heteroatoms. The lowest BCUT2D eigenvalue weighted by atomic mass is 9.96. The first kappa shape index (κ1) is 17.3. The van der Waals surface area contributed by atoms with E-state index < -0.39 is 0 Å². The van der Waals surface area contributed by atoms with Gasteiger partial charge in [-0.1, -0.05) is 19.3 Å². The summed E-state index contributed by atoms with van der Waals surface area (Å²) >= 11 is 0. The molecule has 1 aromatic heterocycles. The van der Waals surface area contributed by atoms with Gasteiger partial charge in [-0.2, -0.15) is 0 Å². The molecule has 134 valence electrons. The number of hydrogen-bond acceptors (Lipinski definition) is 4. The average Bonchev–Trinajstić information content (AvgIpc) is 3.03. The molecule has 1 aliphatic carbocycles. The molecule has 1 saturated carbocycles. The van der Waals surface area contributed by atoms with Gasteiger partial charge in [-0.3, -0.25) is 4.90 Å². The molecule has 2 amide bonds. The van der Waals surface area contributed by atoms with E-state index in [0.29, 0.717) is 12.6 Å². The van der Waals surface area contributed by atoms with E-state index in [2.05, 4.69) is 15.5 Å². The van der Waals surface area contributed by atoms with Crippen molar-refractivity contribution in [1.29, 1.82) is 0 Å². The van der Waals surface area contributed by atoms with Crippen LogP contribution in [0.1, 0.15) is 49.7 Å². The largest absolute Gasteiger partial charge is 0.465 e. The second-order valence-electron chi connectivity index (χ2n) is 6.80. The Balaban J connectivity index is 1.55. The highest BCUT2D eigenvalue weighted by atomic mass is 16.5. The Hall–Kier alpha value is -1.53. The number of urea groups is 1. The first-order valence-corrected chi connectivity index (χ1v) is 9.15. The van der Waals surface area contributed by atoms with Crippen LogP contribution >= 0.6 is 0 Å². The lowest BCUT2D eigenvalue weighted by Crippen LogP contribution is -2.47. The summed E-state index contributed by atoms with van der Waals surface area (Å²) in [5.74, 6) is 1.81. The van der Waals surface area contributed by atoms with Crippen LogP contribution in [0.25, 0.3) is 0 Å². The van der Waals surface area contributed by atoms with Crippen molar-refractivity contribution < 1.29 is 13.9 Å². The van der Waals surface area contributed by atoms with E-state index in [4.69, 9.17) is 9.15 Å². The molecule has 3 rings (SSSR count). The van der Waals surface area contributed by atoms with Gasteiger partial charge < -0.3 is 19.8 Å². The molecule has 2 heterocycles. The van der Waals surface area contributed by atoms with Crippen molar-refractivity contribution >= 4 is 6.03 Å². The van der Waals surface area contributed by atoms with Gasteiger partial charge in [0, 0.05) is 25.7 Å². The van der Waals surface area contributed by atoms with Crippen molar-refractivity contribution in [3.8, 4) is 0 Å². The van der Waals surface area contributed by atoms with Crippen LogP contribution in [-0.2, 0) is 4.74 Å². The molecule has 1 aromatic rings. The van der Waals surface area contributed by atoms with Crippen LogP contribution in [0, 0.1) is 6.92 Å². The van der Waals surface area contributed by atoms with Gasteiger partial charge in [-0.15, -0.1) is 0 Å². The normalized spacial score (nSPS) is 21.4. The summed E-state index contributed by atoms with van der Waals surface area (Å²) in [5, 5.41) is 6.15. The zero-order valence-electron chi connectivity index (χ0n) is 14.6. The summed E-state index contributed by atoms with van der Waals surface area (Å²) in [7, 11) is 0. The fourth-order valence-corrected chi connectivity index (χ4v) is 3.60. The molecule has 6 nitrogen and oxygen atoms in total. The summed E-state index contributed by atoms with van der Waals surface area (Å²) in [6.45, 7) is 5.66. The fraction of sp³-hybridized carbons (Fsp3) is 0.722. The Labute approximate surface area is 143 Å². The Kier molecular flexibility index (Phi) is 6.15. The van der Waals surface area contributed by atoms with Gasteiger partial charge in [0.2, 0.25) is 0 Å². The number of carbonyl (C=O) groups is 1. The number of amides is 2. The third-order valence-electron chi connectivity index (χ3n) is 4.97. The van der Waals surface area contributed by atoms with Crippen LogP contribution in [0.5, 0.6) is 0 Å². The summed E-state index contributed by atoms with van der Waals surface area (Å²) in [5.41, 5.74) is 0. The first-order chi connectivity index (χ1) is 11.7. The number of ether oxygens (including phenoxy) is 1. The highest BCUT2D eigenvalue weighted by molar-refractivity contribution is 5.74. The average molecular weight is 335 g/mol. The molecule has 0 aromatic carbocycles. The smallest absolute Gasteiger partial charge is 0.315 e. The van der Waals surface area contributed by atoms with E-state index in [0.717, 1.165) is 50.7 Å². The highest BCUT2D eigenvalue weighted by Crippen LogP contribution is 2.23. The predicted molar refractivity (Wildman–Crippen MR) is 92.0 cm³/mol. The summed E-state index contributed by atoms with van der Waals surface area (Å²) in [4.78, 5) is 14.6. The van der Waals surface area contributed by atoms with E-state index in [1.54, 1.807) is 0 Å². The van der Waals surface area contributed by atoms with Gasteiger partial charge in [-0.25, -0.2) is 4.79 Å². The minimum atomic E-state index is -0.0663. The number of nitrogens with one attached hydrogen (secondary N) is 2. The standard InChI is InChI=1S/C18H29N3O3/c1-14-7-8-17(24-14)16(21-9-11-23-12-10-21)13-19-18(22)20-15-5-3-2-4-6-15/h7-8,15-16H,2-6,9-13H2,1H3,(H2,19,20,22)/t16-/m1/s1. The number of aryl methyl sites for hydroxylation is 1. The van der Waals surface area contributed by atoms with E-state index >= 15 is 0 Å². The maximum atomic E-state index is 12.2. The molecular formula is C18H29N3O3. The first-order valence-electron chi connectivity index (χ1n) is 9.15. The Morgan fingerprint density at radius 1 is 1.25 bits per heavy atom. The maximum absolute atomic E-state index is 12.2. The van der Waals surface area contributed by atoms with Gasteiger partial charge >= 0.3 is 6.03 Å². The quantitative estimate of drug-likeness (QED) is 0.868. The molecule has 1 atom stereocenters. The van der Waals surface area contributed by atoms with Crippen molar-refractivity contribution in [3.05, 3.63) is 23.7 Å². The minimum Gasteiger partial charge on any atom is -0.465 e. The summed E-state index contributed by atoms with van der Waals surface area (Å²) < 4.78 is 11.3. The minimum absolute atomic E-state index is 0.0553. The molecule has 1 aliphatic heterocycles. The SMILES string of the molecule is Cc1ccc([C@@H](CNC(=O)NC2CCCCC2)N2CCOCC2)o1. The van der Waals surface area contributed by atoms with Crippen molar-refractivity contribution in [2.45, 2.75) is 51.1 Å². The van der Waals surface area contributed by atoms with Gasteiger partial charge in [0.1, 0.15) is 11.5 Å². The summed E-state index contributed by atoms with van der Waals surface area (Å²) in [6.07, 6.45) is 5.91. The van der Waals surface area contributed by atoms with Crippen LogP contribution < -0.4 is 10.6 Å². The number of morpholine rings is 1. The van der Waals surface area contributed by atoms with Crippen LogP contribution in [-0.4, -0.2) is 49.8 Å². The van der Waals surface area contributed by atoms with E-state index in [1.807, 2.05) is 19.1 Å². The van der Waals surface area contributed by atoms with Gasteiger partial charge in [0.15, 0.2) is 0 Å². The lowest BCUT2D eigenvalue weighted by Gasteiger charge is -2.33. The zero-order valence-corrected chi connectivity index (χ0v) is 14.6. The third kappa shape index (κ3) is 4.74. The van der Waals surface area contributed by atoms with Gasteiger partial charge in [-0.05, 0) is 31.9 Å². The maximum Gasteiger partial charge on any atom is 0.315 e. The number of carbonyl (C=O) groups excluding carboxylic acids is 1. The fourth-order valence-electron chi connectivity index (χ4n) is 3.60. The molecule has 1 saturated heterocycles. The molecule has 0 radical (unpaired) electrons. The molecule has 24 heavy (non-hydrogen) atoms. The molecule has 0 bridgehead atoms. The molecule has 0 unspecified atom stereocenters. The van der Waals surface area contributed by atoms with Crippen molar-refractivity contribution in [2.75, 3.05) is 32.8 Å². The Morgan fingerprint density at radius 2 is 2.00 bits per heavy atom. The predicted octanol–water partition coefficient (Wildman–Crippen LogP) is 2.59. The lowest BCUT2D eigenvalue weighted by molar-refractivity contribution is 0.0121. The monoisotopic (exact) mass is 335 g/mol. The van der Waals surface area contributed by atoms with Crippen molar-refractivity contribution in [3.63, 3.8) is 0 Å². The highest BCUT2D eigenvalue weighted by Gasteiger charge is 2.26. The van der Waals surface area contributed by atoms with E-state index in [-0.39, 0.29) is 12.1 Å². The Bertz CT molecular complexity index is 519. The second-order valence-corrected chi connectivity index (χ2v) is 6.80. The number of hydrogen-bond donors (Lipinski definition) is 2. The van der Waals surface area contributed by atoms with Crippen LogP contribution in [0.2, 0.25) is 0 Å². The van der Waals surface area contributed by atoms with Crippen LogP contribution in [0.4, 0.5) is 4.79 Å². The summed E-state index contributed by atoms with van der Waals surface area (Å²) in [6, 6.07) is 4.30. The third-order valence-corrected chi connectivity index (χ3v) is 4.97. The molecule has 2 N–H and O–H groups in total. The van der Waals surface area contributed by atoms with Crippen molar-refractivity contribution in [1.82, 2.24) is 15.5 Å². The topological polar surface area (TPSA) is 66.7 Å². The molecule has 2 fully saturated rings. The number of furan rings is 1. The van der Waals surface area contributed by atoms with E-state index in [9.17, 15) is 4.79 Å². The van der Waals surface area contributed by atoms with E-state index in [1.165, 1.54) is 19.3 Å². The molecule has 0 spiro atoms. The second kappa shape index (κ2) is 8.53. The Morgan fingerprint density at radius 3 is 2.67 bits per heavy atom. The van der Waals surface area contributed by atoms with Gasteiger partial charge in [0.25, 0.3) is 0 Å². The van der Waals surface area contributed by atoms with Gasteiger partial charge in [0.05, 0.1) is 19.3 Å². The molecule has 2 aliphatic rings.